The molecule has 1 heterocycles. The van der Waals surface area contributed by atoms with Crippen LogP contribution in [0, 0.1) is 12.7 Å². The normalized spacial score (nSPS) is 17.1. The van der Waals surface area contributed by atoms with Crippen LogP contribution in [0.2, 0.25) is 0 Å². The second kappa shape index (κ2) is 6.62. The summed E-state index contributed by atoms with van der Waals surface area (Å²) in [5, 5.41) is 0. The van der Waals surface area contributed by atoms with E-state index >= 15 is 0 Å². The summed E-state index contributed by atoms with van der Waals surface area (Å²) in [5.74, 6) is -0.755. The van der Waals surface area contributed by atoms with Gasteiger partial charge in [-0.1, -0.05) is 6.07 Å². The SMILES string of the molecule is COC(=O)N1CCCN(S(=O)(=O)c2ccc(C)cc2F)CC1. The molecule has 0 bridgehead atoms. The Balaban J connectivity index is 2.21. The standard InChI is InChI=1S/C14H19FN2O4S/c1-11-4-5-13(12(15)10-11)22(19,20)17-7-3-6-16(8-9-17)14(18)21-2/h4-5,10H,3,6-9H2,1-2H3. The van der Waals surface area contributed by atoms with Crippen LogP contribution in [0.25, 0.3) is 0 Å². The van der Waals surface area contributed by atoms with E-state index in [0.29, 0.717) is 18.5 Å². The molecule has 0 N–H and O–H groups in total. The average molecular weight is 330 g/mol. The van der Waals surface area contributed by atoms with Gasteiger partial charge in [0.2, 0.25) is 10.0 Å². The third-order valence-corrected chi connectivity index (χ3v) is 5.52. The summed E-state index contributed by atoms with van der Waals surface area (Å²) >= 11 is 0. The third-order valence-electron chi connectivity index (χ3n) is 3.59. The second-order valence-corrected chi connectivity index (χ2v) is 7.05. The van der Waals surface area contributed by atoms with Gasteiger partial charge in [0.25, 0.3) is 0 Å². The van der Waals surface area contributed by atoms with Gasteiger partial charge in [-0.25, -0.2) is 17.6 Å². The van der Waals surface area contributed by atoms with Gasteiger partial charge in [0.15, 0.2) is 0 Å². The molecule has 0 atom stereocenters. The lowest BCUT2D eigenvalue weighted by atomic mass is 10.2. The first-order chi connectivity index (χ1) is 10.4. The zero-order chi connectivity index (χ0) is 16.3. The predicted molar refractivity (Wildman–Crippen MR) is 78.5 cm³/mol. The van der Waals surface area contributed by atoms with E-state index in [0.717, 1.165) is 0 Å². The van der Waals surface area contributed by atoms with Crippen LogP contribution in [0.4, 0.5) is 9.18 Å². The molecule has 1 amide bonds. The molecule has 6 nitrogen and oxygen atoms in total. The fourth-order valence-electron chi connectivity index (χ4n) is 2.40. The molecule has 1 aliphatic heterocycles. The summed E-state index contributed by atoms with van der Waals surface area (Å²) in [6, 6.07) is 4.04. The van der Waals surface area contributed by atoms with Crippen molar-refractivity contribution in [1.82, 2.24) is 9.21 Å². The number of carbonyl (C=O) groups is 1. The molecular weight excluding hydrogens is 311 g/mol. The van der Waals surface area contributed by atoms with Crippen molar-refractivity contribution in [1.29, 1.82) is 0 Å². The van der Waals surface area contributed by atoms with Gasteiger partial charge in [0.1, 0.15) is 10.7 Å². The van der Waals surface area contributed by atoms with Crippen molar-refractivity contribution < 1.29 is 22.3 Å². The molecule has 2 rings (SSSR count). The molecule has 1 aliphatic rings. The quantitative estimate of drug-likeness (QED) is 0.826. The van der Waals surface area contributed by atoms with Gasteiger partial charge >= 0.3 is 6.09 Å². The third kappa shape index (κ3) is 3.38. The molecule has 0 aliphatic carbocycles. The number of ether oxygens (including phenoxy) is 1. The van der Waals surface area contributed by atoms with E-state index in [4.69, 9.17) is 0 Å². The van der Waals surface area contributed by atoms with E-state index in [1.54, 1.807) is 13.0 Å². The van der Waals surface area contributed by atoms with E-state index in [1.165, 1.54) is 28.4 Å². The summed E-state index contributed by atoms with van der Waals surface area (Å²) in [5.41, 5.74) is 0.657. The van der Waals surface area contributed by atoms with Crippen molar-refractivity contribution >= 4 is 16.1 Å². The minimum Gasteiger partial charge on any atom is -0.453 e. The molecule has 0 aromatic heterocycles. The number of rotatable bonds is 2. The van der Waals surface area contributed by atoms with Crippen molar-refractivity contribution in [3.8, 4) is 0 Å². The number of methoxy groups -OCH3 is 1. The van der Waals surface area contributed by atoms with Crippen molar-refractivity contribution in [3.63, 3.8) is 0 Å². The fourth-order valence-corrected chi connectivity index (χ4v) is 3.91. The highest BCUT2D eigenvalue weighted by molar-refractivity contribution is 7.89. The molecule has 1 aromatic carbocycles. The largest absolute Gasteiger partial charge is 0.453 e. The van der Waals surface area contributed by atoms with Crippen LogP contribution in [0.3, 0.4) is 0 Å². The number of carbonyl (C=O) groups excluding carboxylic acids is 1. The average Bonchev–Trinajstić information content (AvgIpc) is 2.72. The molecule has 8 heteroatoms. The summed E-state index contributed by atoms with van der Waals surface area (Å²) in [6.07, 6.45) is -0.0114. The van der Waals surface area contributed by atoms with E-state index in [-0.39, 0.29) is 24.5 Å². The number of halogens is 1. The zero-order valence-corrected chi connectivity index (χ0v) is 13.4. The van der Waals surface area contributed by atoms with Gasteiger partial charge in [0, 0.05) is 26.2 Å². The Morgan fingerprint density at radius 3 is 2.59 bits per heavy atom. The van der Waals surface area contributed by atoms with Gasteiger partial charge in [-0.15, -0.1) is 0 Å². The number of hydrogen-bond donors (Lipinski definition) is 0. The topological polar surface area (TPSA) is 66.9 Å². The number of aryl methyl sites for hydroxylation is 1. The van der Waals surface area contributed by atoms with Crippen molar-refractivity contribution in [2.45, 2.75) is 18.2 Å². The Morgan fingerprint density at radius 2 is 1.95 bits per heavy atom. The Hall–Kier alpha value is -1.67. The molecule has 1 saturated heterocycles. The number of sulfonamides is 1. The van der Waals surface area contributed by atoms with Gasteiger partial charge in [-0.05, 0) is 31.0 Å². The van der Waals surface area contributed by atoms with Crippen LogP contribution in [-0.2, 0) is 14.8 Å². The fraction of sp³-hybridized carbons (Fsp3) is 0.500. The molecule has 22 heavy (non-hydrogen) atoms. The summed E-state index contributed by atoms with van der Waals surface area (Å²) in [4.78, 5) is 12.6. The van der Waals surface area contributed by atoms with E-state index in [9.17, 15) is 17.6 Å². The Bertz CT molecular complexity index is 663. The zero-order valence-electron chi connectivity index (χ0n) is 12.6. The lowest BCUT2D eigenvalue weighted by Crippen LogP contribution is -2.37. The van der Waals surface area contributed by atoms with Gasteiger partial charge in [-0.3, -0.25) is 0 Å². The summed E-state index contributed by atoms with van der Waals surface area (Å²) in [6.45, 7) is 2.68. The van der Waals surface area contributed by atoms with Crippen LogP contribution < -0.4 is 0 Å². The van der Waals surface area contributed by atoms with Gasteiger partial charge < -0.3 is 9.64 Å². The molecule has 0 unspecified atom stereocenters. The molecule has 0 radical (unpaired) electrons. The number of benzene rings is 1. The minimum atomic E-state index is -3.91. The smallest absolute Gasteiger partial charge is 0.409 e. The molecule has 1 fully saturated rings. The van der Waals surface area contributed by atoms with E-state index in [2.05, 4.69) is 4.74 Å². The summed E-state index contributed by atoms with van der Waals surface area (Å²) in [7, 11) is -2.63. The maximum Gasteiger partial charge on any atom is 0.409 e. The summed E-state index contributed by atoms with van der Waals surface area (Å²) < 4.78 is 45.0. The molecule has 0 saturated carbocycles. The van der Waals surface area contributed by atoms with Crippen LogP contribution in [-0.4, -0.2) is 57.0 Å². The van der Waals surface area contributed by atoms with Crippen molar-refractivity contribution in [3.05, 3.63) is 29.6 Å². The second-order valence-electron chi connectivity index (χ2n) is 5.15. The first-order valence-electron chi connectivity index (χ1n) is 6.95. The van der Waals surface area contributed by atoms with Crippen LogP contribution >= 0.6 is 0 Å². The lowest BCUT2D eigenvalue weighted by molar-refractivity contribution is 0.126. The number of amides is 1. The Kier molecular flexibility index (Phi) is 5.02. The highest BCUT2D eigenvalue weighted by Gasteiger charge is 2.30. The molecular formula is C14H19FN2O4S. The molecule has 122 valence electrons. The maximum atomic E-state index is 14.0. The van der Waals surface area contributed by atoms with Crippen LogP contribution in [0.1, 0.15) is 12.0 Å². The molecule has 1 aromatic rings. The Labute approximate surface area is 129 Å². The van der Waals surface area contributed by atoms with Crippen molar-refractivity contribution in [2.24, 2.45) is 0 Å². The lowest BCUT2D eigenvalue weighted by Gasteiger charge is -2.21. The highest BCUT2D eigenvalue weighted by atomic mass is 32.2. The van der Waals surface area contributed by atoms with E-state index < -0.39 is 21.9 Å². The van der Waals surface area contributed by atoms with Crippen LogP contribution in [0.5, 0.6) is 0 Å². The first-order valence-corrected chi connectivity index (χ1v) is 8.39. The van der Waals surface area contributed by atoms with Crippen molar-refractivity contribution in [2.75, 3.05) is 33.3 Å². The first kappa shape index (κ1) is 16.7. The van der Waals surface area contributed by atoms with E-state index in [1.807, 2.05) is 0 Å². The predicted octanol–water partition coefficient (Wildman–Crippen LogP) is 1.60. The highest BCUT2D eigenvalue weighted by Crippen LogP contribution is 2.21. The van der Waals surface area contributed by atoms with Crippen LogP contribution in [0.15, 0.2) is 23.1 Å². The van der Waals surface area contributed by atoms with Gasteiger partial charge in [-0.2, -0.15) is 4.31 Å². The minimum absolute atomic E-state index is 0.116. The number of nitrogens with zero attached hydrogens (tertiary/aromatic N) is 2. The number of hydrogen-bond acceptors (Lipinski definition) is 4. The monoisotopic (exact) mass is 330 g/mol. The Morgan fingerprint density at radius 1 is 1.23 bits per heavy atom. The molecule has 0 spiro atoms. The maximum absolute atomic E-state index is 14.0. The van der Waals surface area contributed by atoms with Gasteiger partial charge in [0.05, 0.1) is 7.11 Å².